The van der Waals surface area contributed by atoms with E-state index in [0.29, 0.717) is 11.3 Å². The van der Waals surface area contributed by atoms with Crippen LogP contribution in [0.4, 0.5) is 18.0 Å². The fourth-order valence-electron chi connectivity index (χ4n) is 2.88. The lowest BCUT2D eigenvalue weighted by molar-refractivity contribution is -0.0502. The van der Waals surface area contributed by atoms with Crippen molar-refractivity contribution in [2.45, 2.75) is 24.9 Å². The van der Waals surface area contributed by atoms with E-state index in [-0.39, 0.29) is 38.0 Å². The Kier molecular flexibility index (Phi) is 5.24. The van der Waals surface area contributed by atoms with Crippen molar-refractivity contribution in [3.8, 4) is 5.88 Å². The van der Waals surface area contributed by atoms with Crippen LogP contribution in [0.1, 0.15) is 16.8 Å². The van der Waals surface area contributed by atoms with E-state index in [4.69, 9.17) is 5.11 Å². The number of benzene rings is 1. The molecule has 2 heterocycles. The molecule has 0 spiro atoms. The maximum atomic E-state index is 12.8. The van der Waals surface area contributed by atoms with E-state index in [1.54, 1.807) is 30.3 Å². The highest BCUT2D eigenvalue weighted by atomic mass is 32.2. The Bertz CT molecular complexity index is 973. The molecule has 0 radical (unpaired) electrons. The molecule has 1 N–H and O–H groups in total. The van der Waals surface area contributed by atoms with Crippen LogP contribution in [0.25, 0.3) is 0 Å². The molecule has 0 saturated carbocycles. The zero-order chi connectivity index (χ0) is 20.5. The highest BCUT2D eigenvalue weighted by molar-refractivity contribution is 7.87. The summed E-state index contributed by atoms with van der Waals surface area (Å²) in [6, 6.07) is 8.62. The van der Waals surface area contributed by atoms with Crippen LogP contribution in [0.2, 0.25) is 0 Å². The monoisotopic (exact) mass is 419 g/mol. The third-order valence-corrected chi connectivity index (χ3v) is 5.19. The van der Waals surface area contributed by atoms with E-state index < -0.39 is 27.6 Å². The average molecular weight is 419 g/mol. The summed E-state index contributed by atoms with van der Waals surface area (Å²) < 4.78 is 67.2. The van der Waals surface area contributed by atoms with Gasteiger partial charge in [-0.25, -0.2) is 9.48 Å². The van der Waals surface area contributed by atoms with Gasteiger partial charge in [0.1, 0.15) is 0 Å². The minimum atomic E-state index is -5.90. The number of nitrogens with zero attached hydrogens (tertiary/aromatic N) is 3. The van der Waals surface area contributed by atoms with E-state index in [1.165, 1.54) is 0 Å². The Balaban J connectivity index is 2.01. The molecule has 1 aromatic carbocycles. The number of alkyl halides is 3. The molecule has 0 fully saturated rings. The van der Waals surface area contributed by atoms with Crippen LogP contribution in [0.15, 0.2) is 30.3 Å². The van der Waals surface area contributed by atoms with Crippen LogP contribution in [0.5, 0.6) is 5.88 Å². The van der Waals surface area contributed by atoms with Gasteiger partial charge in [-0.1, -0.05) is 30.3 Å². The average Bonchev–Trinajstić information content (AvgIpc) is 2.78. The second kappa shape index (κ2) is 7.34. The van der Waals surface area contributed by atoms with E-state index in [2.05, 4.69) is 9.28 Å². The van der Waals surface area contributed by atoms with E-state index >= 15 is 0 Å². The van der Waals surface area contributed by atoms with Gasteiger partial charge in [0.25, 0.3) is 0 Å². The van der Waals surface area contributed by atoms with Crippen molar-refractivity contribution >= 4 is 16.2 Å². The van der Waals surface area contributed by atoms with Crippen molar-refractivity contribution in [3.63, 3.8) is 0 Å². The van der Waals surface area contributed by atoms with Gasteiger partial charge in [-0.3, -0.25) is 0 Å². The van der Waals surface area contributed by atoms with Gasteiger partial charge in [0.15, 0.2) is 0 Å². The molecular weight excluding hydrogens is 403 g/mol. The normalized spacial score (nSPS) is 15.0. The first-order valence-electron chi connectivity index (χ1n) is 8.19. The number of amides is 1. The number of fused-ring (bicyclic) bond motifs is 1. The van der Waals surface area contributed by atoms with E-state index in [9.17, 15) is 26.4 Å². The van der Waals surface area contributed by atoms with Crippen LogP contribution < -0.4 is 4.18 Å². The molecule has 8 nitrogen and oxygen atoms in total. The fourth-order valence-corrected chi connectivity index (χ4v) is 3.37. The van der Waals surface area contributed by atoms with Crippen molar-refractivity contribution < 1.29 is 35.7 Å². The SMILES string of the molecule is O=C(O)N1CCc2nn(Cc3ccccc3)c(OS(=O)(=O)C(F)(F)F)c2CC1. The van der Waals surface area contributed by atoms with E-state index in [1.807, 2.05) is 0 Å². The predicted octanol–water partition coefficient (Wildman–Crippen LogP) is 2.24. The first-order valence-corrected chi connectivity index (χ1v) is 9.60. The number of carboxylic acid groups (broad SMARTS) is 1. The first-order chi connectivity index (χ1) is 13.1. The molecule has 1 aliphatic rings. The summed E-state index contributed by atoms with van der Waals surface area (Å²) in [6.45, 7) is 0.0805. The van der Waals surface area contributed by atoms with Crippen molar-refractivity contribution in [2.75, 3.05) is 13.1 Å². The molecule has 0 aliphatic carbocycles. The molecule has 12 heteroatoms. The van der Waals surface area contributed by atoms with Crippen molar-refractivity contribution in [3.05, 3.63) is 47.2 Å². The Morgan fingerprint density at radius 2 is 1.82 bits per heavy atom. The Hall–Kier alpha value is -2.76. The van der Waals surface area contributed by atoms with Gasteiger partial charge in [-0.05, 0) is 12.0 Å². The molecule has 2 aromatic rings. The number of halogens is 3. The third-order valence-electron chi connectivity index (χ3n) is 4.25. The largest absolute Gasteiger partial charge is 0.534 e. The van der Waals surface area contributed by atoms with Gasteiger partial charge in [-0.2, -0.15) is 26.7 Å². The van der Waals surface area contributed by atoms with Crippen LogP contribution in [0, 0.1) is 0 Å². The minimum Gasteiger partial charge on any atom is -0.465 e. The Labute approximate surface area is 158 Å². The molecule has 3 rings (SSSR count). The molecule has 0 atom stereocenters. The number of hydrogen-bond donors (Lipinski definition) is 1. The summed E-state index contributed by atoms with van der Waals surface area (Å²) in [7, 11) is -5.90. The summed E-state index contributed by atoms with van der Waals surface area (Å²) in [5.41, 5.74) is -4.44. The molecule has 28 heavy (non-hydrogen) atoms. The summed E-state index contributed by atoms with van der Waals surface area (Å²) in [6.07, 6.45) is -1.06. The number of hydrogen-bond acceptors (Lipinski definition) is 5. The molecule has 1 aromatic heterocycles. The van der Waals surface area contributed by atoms with E-state index in [0.717, 1.165) is 9.58 Å². The zero-order valence-corrected chi connectivity index (χ0v) is 15.2. The quantitative estimate of drug-likeness (QED) is 0.603. The highest BCUT2D eigenvalue weighted by Gasteiger charge is 2.49. The molecule has 0 bridgehead atoms. The lowest BCUT2D eigenvalue weighted by atomic mass is 10.1. The number of aromatic nitrogens is 2. The van der Waals surface area contributed by atoms with Crippen LogP contribution >= 0.6 is 0 Å². The lowest BCUT2D eigenvalue weighted by Gasteiger charge is -2.16. The van der Waals surface area contributed by atoms with Gasteiger partial charge < -0.3 is 14.2 Å². The zero-order valence-electron chi connectivity index (χ0n) is 14.4. The summed E-state index contributed by atoms with van der Waals surface area (Å²) in [5, 5.41) is 13.3. The smallest absolute Gasteiger partial charge is 0.465 e. The molecule has 1 aliphatic heterocycles. The molecule has 1 amide bonds. The maximum Gasteiger partial charge on any atom is 0.534 e. The minimum absolute atomic E-state index is 0.000798. The topological polar surface area (TPSA) is 102 Å². The summed E-state index contributed by atoms with van der Waals surface area (Å²) in [5.74, 6) is -0.539. The second-order valence-electron chi connectivity index (χ2n) is 6.13. The molecule has 0 unspecified atom stereocenters. The Morgan fingerprint density at radius 3 is 2.43 bits per heavy atom. The first kappa shape index (κ1) is 20.0. The second-order valence-corrected chi connectivity index (χ2v) is 7.66. The lowest BCUT2D eigenvalue weighted by Crippen LogP contribution is -2.32. The molecular formula is C16H16F3N3O5S. The summed E-state index contributed by atoms with van der Waals surface area (Å²) >= 11 is 0. The van der Waals surface area contributed by atoms with Crippen molar-refractivity contribution in [2.24, 2.45) is 0 Å². The standard InChI is InChI=1S/C16H16F3N3O5S/c17-16(18,19)28(25,26)27-14-12-6-8-21(15(23)24)9-7-13(12)20-22(14)10-11-4-2-1-3-5-11/h1-5H,6-10H2,(H,23,24). The fraction of sp³-hybridized carbons (Fsp3) is 0.375. The number of carbonyl (C=O) groups is 1. The molecule has 0 saturated heterocycles. The van der Waals surface area contributed by atoms with Crippen molar-refractivity contribution in [1.82, 2.24) is 14.7 Å². The third kappa shape index (κ3) is 4.06. The predicted molar refractivity (Wildman–Crippen MR) is 90.4 cm³/mol. The molecule has 152 valence electrons. The van der Waals surface area contributed by atoms with Gasteiger partial charge in [0.05, 0.1) is 12.2 Å². The maximum absolute atomic E-state index is 12.8. The Morgan fingerprint density at radius 1 is 1.18 bits per heavy atom. The van der Waals surface area contributed by atoms with Crippen LogP contribution in [-0.4, -0.2) is 52.9 Å². The van der Waals surface area contributed by atoms with Crippen LogP contribution in [0.3, 0.4) is 0 Å². The summed E-state index contributed by atoms with van der Waals surface area (Å²) in [4.78, 5) is 12.2. The van der Waals surface area contributed by atoms with Crippen molar-refractivity contribution in [1.29, 1.82) is 0 Å². The van der Waals surface area contributed by atoms with Gasteiger partial charge in [0, 0.05) is 25.1 Å². The van der Waals surface area contributed by atoms with Gasteiger partial charge >= 0.3 is 21.7 Å². The van der Waals surface area contributed by atoms with Gasteiger partial charge in [-0.15, -0.1) is 0 Å². The van der Waals surface area contributed by atoms with Crippen LogP contribution in [-0.2, 0) is 29.5 Å². The highest BCUT2D eigenvalue weighted by Crippen LogP contribution is 2.32. The van der Waals surface area contributed by atoms with Gasteiger partial charge in [0.2, 0.25) is 5.88 Å². The number of rotatable bonds is 4.